The molecule has 0 bridgehead atoms. The normalized spacial score (nSPS) is 27.9. The van der Waals surface area contributed by atoms with Gasteiger partial charge in [0.15, 0.2) is 0 Å². The summed E-state index contributed by atoms with van der Waals surface area (Å²) in [6.07, 6.45) is 3.02. The molecule has 2 aliphatic rings. The molecular formula is C13H16FNO. The maximum absolute atomic E-state index is 14.0. The largest absolute Gasteiger partial charge is 0.493 e. The van der Waals surface area contributed by atoms with Crippen LogP contribution in [0.1, 0.15) is 30.9 Å². The molecule has 3 rings (SSSR count). The molecule has 16 heavy (non-hydrogen) atoms. The Morgan fingerprint density at radius 2 is 2.31 bits per heavy atom. The SMILES string of the molecule is CC1(c2cc3c(cc2F)OCC3)CCCN1. The summed E-state index contributed by atoms with van der Waals surface area (Å²) in [4.78, 5) is 0. The molecule has 1 fully saturated rings. The first-order valence-corrected chi connectivity index (χ1v) is 5.90. The predicted molar refractivity (Wildman–Crippen MR) is 60.2 cm³/mol. The van der Waals surface area contributed by atoms with Gasteiger partial charge in [0, 0.05) is 23.6 Å². The molecule has 0 spiro atoms. The molecular weight excluding hydrogens is 205 g/mol. The molecule has 0 saturated carbocycles. The van der Waals surface area contributed by atoms with E-state index in [1.54, 1.807) is 6.07 Å². The van der Waals surface area contributed by atoms with Crippen molar-refractivity contribution in [2.45, 2.75) is 31.7 Å². The minimum atomic E-state index is -0.193. The van der Waals surface area contributed by atoms with E-state index in [0.717, 1.165) is 42.7 Å². The first-order chi connectivity index (χ1) is 7.69. The zero-order valence-electron chi connectivity index (χ0n) is 9.48. The number of fused-ring (bicyclic) bond motifs is 1. The maximum Gasteiger partial charge on any atom is 0.131 e. The molecule has 0 aromatic heterocycles. The minimum Gasteiger partial charge on any atom is -0.493 e. The lowest BCUT2D eigenvalue weighted by molar-refractivity contribution is 0.354. The fourth-order valence-electron chi connectivity index (χ4n) is 2.75. The van der Waals surface area contributed by atoms with Gasteiger partial charge < -0.3 is 10.1 Å². The number of halogens is 1. The van der Waals surface area contributed by atoms with Gasteiger partial charge in [0.05, 0.1) is 6.61 Å². The lowest BCUT2D eigenvalue weighted by Crippen LogP contribution is -2.34. The molecule has 1 aromatic rings. The molecule has 0 aliphatic carbocycles. The van der Waals surface area contributed by atoms with Gasteiger partial charge >= 0.3 is 0 Å². The first kappa shape index (κ1) is 10.1. The van der Waals surface area contributed by atoms with Crippen LogP contribution in [0.3, 0.4) is 0 Å². The zero-order valence-corrected chi connectivity index (χ0v) is 9.48. The number of rotatable bonds is 1. The number of hydrogen-bond donors (Lipinski definition) is 1. The Bertz CT molecular complexity index is 424. The average molecular weight is 221 g/mol. The summed E-state index contributed by atoms with van der Waals surface area (Å²) in [6.45, 7) is 3.74. The number of benzene rings is 1. The summed E-state index contributed by atoms with van der Waals surface area (Å²) < 4.78 is 19.4. The van der Waals surface area contributed by atoms with Crippen LogP contribution in [0.25, 0.3) is 0 Å². The fourth-order valence-corrected chi connectivity index (χ4v) is 2.75. The van der Waals surface area contributed by atoms with Gasteiger partial charge in [-0.25, -0.2) is 4.39 Å². The summed E-state index contributed by atoms with van der Waals surface area (Å²) in [5.74, 6) is 0.584. The molecule has 2 heterocycles. The van der Waals surface area contributed by atoms with Gasteiger partial charge in [-0.3, -0.25) is 0 Å². The molecule has 0 amide bonds. The first-order valence-electron chi connectivity index (χ1n) is 5.90. The van der Waals surface area contributed by atoms with Gasteiger partial charge in [0.2, 0.25) is 0 Å². The van der Waals surface area contributed by atoms with Crippen LogP contribution in [0, 0.1) is 5.82 Å². The number of ether oxygens (including phenoxy) is 1. The Morgan fingerprint density at radius 3 is 3.06 bits per heavy atom. The van der Waals surface area contributed by atoms with Crippen LogP contribution in [-0.4, -0.2) is 13.2 Å². The molecule has 1 unspecified atom stereocenters. The number of nitrogens with one attached hydrogen (secondary N) is 1. The van der Waals surface area contributed by atoms with E-state index in [1.165, 1.54) is 0 Å². The van der Waals surface area contributed by atoms with Crippen molar-refractivity contribution in [2.24, 2.45) is 0 Å². The van der Waals surface area contributed by atoms with Crippen LogP contribution in [-0.2, 0) is 12.0 Å². The van der Waals surface area contributed by atoms with E-state index in [2.05, 4.69) is 12.2 Å². The fraction of sp³-hybridized carbons (Fsp3) is 0.538. The van der Waals surface area contributed by atoms with E-state index in [-0.39, 0.29) is 11.4 Å². The van der Waals surface area contributed by atoms with Crippen molar-refractivity contribution in [1.82, 2.24) is 5.32 Å². The summed E-state index contributed by atoms with van der Waals surface area (Å²) in [5, 5.41) is 3.40. The van der Waals surface area contributed by atoms with Gasteiger partial charge in [0.1, 0.15) is 11.6 Å². The van der Waals surface area contributed by atoms with Gasteiger partial charge in [0.25, 0.3) is 0 Å². The monoisotopic (exact) mass is 221 g/mol. The van der Waals surface area contributed by atoms with Crippen molar-refractivity contribution in [2.75, 3.05) is 13.2 Å². The summed E-state index contributed by atoms with van der Waals surface area (Å²) >= 11 is 0. The third-order valence-corrected chi connectivity index (χ3v) is 3.74. The molecule has 1 saturated heterocycles. The highest BCUT2D eigenvalue weighted by Gasteiger charge is 2.33. The highest BCUT2D eigenvalue weighted by Crippen LogP contribution is 2.36. The molecule has 1 aromatic carbocycles. The van der Waals surface area contributed by atoms with E-state index in [0.29, 0.717) is 6.61 Å². The molecule has 3 heteroatoms. The van der Waals surface area contributed by atoms with Crippen LogP contribution < -0.4 is 10.1 Å². The molecule has 1 atom stereocenters. The maximum atomic E-state index is 14.0. The molecule has 1 N–H and O–H groups in total. The summed E-state index contributed by atoms with van der Waals surface area (Å²) in [7, 11) is 0. The van der Waals surface area contributed by atoms with Crippen molar-refractivity contribution in [3.05, 3.63) is 29.1 Å². The number of hydrogen-bond acceptors (Lipinski definition) is 2. The lowest BCUT2D eigenvalue weighted by atomic mass is 9.88. The highest BCUT2D eigenvalue weighted by atomic mass is 19.1. The van der Waals surface area contributed by atoms with Crippen molar-refractivity contribution < 1.29 is 9.13 Å². The van der Waals surface area contributed by atoms with Crippen LogP contribution in [0.15, 0.2) is 12.1 Å². The van der Waals surface area contributed by atoms with E-state index >= 15 is 0 Å². The Balaban J connectivity index is 2.07. The topological polar surface area (TPSA) is 21.3 Å². The van der Waals surface area contributed by atoms with Crippen LogP contribution >= 0.6 is 0 Å². The van der Waals surface area contributed by atoms with Crippen LogP contribution in [0.4, 0.5) is 4.39 Å². The van der Waals surface area contributed by atoms with Gasteiger partial charge in [-0.2, -0.15) is 0 Å². The molecule has 86 valence electrons. The Hall–Kier alpha value is -1.09. The Kier molecular flexibility index (Phi) is 2.18. The smallest absolute Gasteiger partial charge is 0.131 e. The van der Waals surface area contributed by atoms with E-state index in [4.69, 9.17) is 4.74 Å². The molecule has 0 radical (unpaired) electrons. The molecule has 2 nitrogen and oxygen atoms in total. The second kappa shape index (κ2) is 3.45. The van der Waals surface area contributed by atoms with Gasteiger partial charge in [-0.15, -0.1) is 0 Å². The Labute approximate surface area is 94.8 Å². The van der Waals surface area contributed by atoms with Crippen LogP contribution in [0.5, 0.6) is 5.75 Å². The lowest BCUT2D eigenvalue weighted by Gasteiger charge is -2.26. The quantitative estimate of drug-likeness (QED) is 0.786. The summed E-state index contributed by atoms with van der Waals surface area (Å²) in [6, 6.07) is 3.53. The third-order valence-electron chi connectivity index (χ3n) is 3.74. The van der Waals surface area contributed by atoms with Crippen molar-refractivity contribution in [3.8, 4) is 5.75 Å². The minimum absolute atomic E-state index is 0.141. The highest BCUT2D eigenvalue weighted by molar-refractivity contribution is 5.43. The average Bonchev–Trinajstić information content (AvgIpc) is 2.85. The van der Waals surface area contributed by atoms with E-state index < -0.39 is 0 Å². The van der Waals surface area contributed by atoms with Gasteiger partial charge in [-0.1, -0.05) is 0 Å². The van der Waals surface area contributed by atoms with Crippen LogP contribution in [0.2, 0.25) is 0 Å². The molecule has 2 aliphatic heterocycles. The van der Waals surface area contributed by atoms with Gasteiger partial charge in [-0.05, 0) is 37.9 Å². The predicted octanol–water partition coefficient (Wildman–Crippen LogP) is 2.36. The van der Waals surface area contributed by atoms with E-state index in [1.807, 2.05) is 6.07 Å². The standard InChI is InChI=1S/C13H16FNO/c1-13(4-2-5-15-13)10-7-9-3-6-16-12(9)8-11(10)14/h7-8,15H,2-6H2,1H3. The van der Waals surface area contributed by atoms with Crippen molar-refractivity contribution >= 4 is 0 Å². The third kappa shape index (κ3) is 1.42. The van der Waals surface area contributed by atoms with E-state index in [9.17, 15) is 4.39 Å². The zero-order chi connectivity index (χ0) is 11.2. The second-order valence-corrected chi connectivity index (χ2v) is 4.90. The second-order valence-electron chi connectivity index (χ2n) is 4.90. The Morgan fingerprint density at radius 1 is 1.44 bits per heavy atom. The van der Waals surface area contributed by atoms with Crippen molar-refractivity contribution in [3.63, 3.8) is 0 Å². The summed E-state index contributed by atoms with van der Waals surface area (Å²) in [5.41, 5.74) is 1.75. The van der Waals surface area contributed by atoms with Crippen molar-refractivity contribution in [1.29, 1.82) is 0 Å².